The van der Waals surface area contributed by atoms with Gasteiger partial charge in [0.1, 0.15) is 23.4 Å². The van der Waals surface area contributed by atoms with Crippen LogP contribution in [0.25, 0.3) is 6.08 Å². The standard InChI is InChI=1S/C24H27NO6/c1-4-29-21-13-19-11-16(2)31-22(19)12-18(21)7-10-24(27)30-15-23(26)25-14-17-5-8-20(28-3)9-6-17/h5-10,12-13,16H,4,11,14-15H2,1-3H3,(H,25,26)/b10-7+/t16-/m1/s1. The lowest BCUT2D eigenvalue weighted by Crippen LogP contribution is -2.28. The van der Waals surface area contributed by atoms with Gasteiger partial charge in [0, 0.05) is 30.2 Å². The molecule has 1 heterocycles. The molecule has 0 aromatic heterocycles. The van der Waals surface area contributed by atoms with E-state index in [1.807, 2.05) is 50.2 Å². The van der Waals surface area contributed by atoms with E-state index in [1.165, 1.54) is 6.08 Å². The molecule has 0 spiro atoms. The van der Waals surface area contributed by atoms with Crippen molar-refractivity contribution in [2.75, 3.05) is 20.3 Å². The van der Waals surface area contributed by atoms with E-state index < -0.39 is 5.97 Å². The van der Waals surface area contributed by atoms with Gasteiger partial charge in [-0.3, -0.25) is 4.79 Å². The molecule has 3 rings (SSSR count). The zero-order chi connectivity index (χ0) is 22.2. The second-order valence-corrected chi connectivity index (χ2v) is 7.13. The average molecular weight is 425 g/mol. The first kappa shape index (κ1) is 22.2. The topological polar surface area (TPSA) is 83.1 Å². The van der Waals surface area contributed by atoms with Crippen molar-refractivity contribution in [2.45, 2.75) is 32.9 Å². The van der Waals surface area contributed by atoms with Crippen LogP contribution in [0.2, 0.25) is 0 Å². The van der Waals surface area contributed by atoms with Crippen LogP contribution in [0.1, 0.15) is 30.5 Å². The van der Waals surface area contributed by atoms with Gasteiger partial charge in [-0.05, 0) is 49.8 Å². The smallest absolute Gasteiger partial charge is 0.331 e. The maximum absolute atomic E-state index is 12.0. The molecule has 0 saturated heterocycles. The van der Waals surface area contributed by atoms with E-state index in [-0.39, 0.29) is 18.6 Å². The van der Waals surface area contributed by atoms with Gasteiger partial charge in [-0.25, -0.2) is 4.79 Å². The Kier molecular flexibility index (Phi) is 7.54. The van der Waals surface area contributed by atoms with Gasteiger partial charge in [-0.1, -0.05) is 12.1 Å². The van der Waals surface area contributed by atoms with Crippen LogP contribution in [0.5, 0.6) is 17.2 Å². The van der Waals surface area contributed by atoms with Crippen LogP contribution in [0.15, 0.2) is 42.5 Å². The van der Waals surface area contributed by atoms with Crippen LogP contribution < -0.4 is 19.5 Å². The molecule has 1 atom stereocenters. The van der Waals surface area contributed by atoms with E-state index in [9.17, 15) is 9.59 Å². The molecule has 0 unspecified atom stereocenters. The number of nitrogens with one attached hydrogen (secondary N) is 1. The number of hydrogen-bond acceptors (Lipinski definition) is 6. The normalized spacial score (nSPS) is 14.6. The maximum atomic E-state index is 12.0. The largest absolute Gasteiger partial charge is 0.497 e. The highest BCUT2D eigenvalue weighted by Crippen LogP contribution is 2.35. The number of hydrogen-bond donors (Lipinski definition) is 1. The maximum Gasteiger partial charge on any atom is 0.331 e. The molecule has 0 radical (unpaired) electrons. The van der Waals surface area contributed by atoms with Crippen LogP contribution in [0, 0.1) is 0 Å². The van der Waals surface area contributed by atoms with Crippen molar-refractivity contribution >= 4 is 18.0 Å². The lowest BCUT2D eigenvalue weighted by atomic mass is 10.1. The predicted octanol–water partition coefficient (Wildman–Crippen LogP) is 3.29. The van der Waals surface area contributed by atoms with E-state index in [2.05, 4.69) is 5.32 Å². The number of rotatable bonds is 9. The first-order valence-corrected chi connectivity index (χ1v) is 10.2. The third kappa shape index (κ3) is 6.25. The number of esters is 1. The first-order chi connectivity index (χ1) is 15.0. The molecule has 1 aliphatic heterocycles. The molecule has 0 aliphatic carbocycles. The fourth-order valence-electron chi connectivity index (χ4n) is 3.20. The third-order valence-corrected chi connectivity index (χ3v) is 4.72. The quantitative estimate of drug-likeness (QED) is 0.490. The van der Waals surface area contributed by atoms with Crippen LogP contribution in [0.4, 0.5) is 0 Å². The Morgan fingerprint density at radius 3 is 2.71 bits per heavy atom. The molecule has 1 N–H and O–H groups in total. The Balaban J connectivity index is 1.51. The summed E-state index contributed by atoms with van der Waals surface area (Å²) in [4.78, 5) is 24.0. The van der Waals surface area contributed by atoms with Gasteiger partial charge in [-0.2, -0.15) is 0 Å². The fraction of sp³-hybridized carbons (Fsp3) is 0.333. The molecular weight excluding hydrogens is 398 g/mol. The van der Waals surface area contributed by atoms with Crippen molar-refractivity contribution in [1.29, 1.82) is 0 Å². The molecule has 1 aliphatic rings. The number of methoxy groups -OCH3 is 1. The highest BCUT2D eigenvalue weighted by molar-refractivity contribution is 5.89. The van der Waals surface area contributed by atoms with Crippen LogP contribution >= 0.6 is 0 Å². The summed E-state index contributed by atoms with van der Waals surface area (Å²) in [6.07, 6.45) is 3.83. The number of carbonyl (C=O) groups is 2. The Labute approximate surface area is 181 Å². The number of carbonyl (C=O) groups excluding carboxylic acids is 2. The minimum atomic E-state index is -0.614. The minimum Gasteiger partial charge on any atom is -0.497 e. The van der Waals surface area contributed by atoms with Crippen molar-refractivity contribution < 1.29 is 28.5 Å². The zero-order valence-corrected chi connectivity index (χ0v) is 18.0. The SMILES string of the molecule is CCOc1cc2c(cc1/C=C/C(=O)OCC(=O)NCc1ccc(OC)cc1)O[C@H](C)C2. The number of benzene rings is 2. The highest BCUT2D eigenvalue weighted by Gasteiger charge is 2.21. The zero-order valence-electron chi connectivity index (χ0n) is 18.0. The van der Waals surface area contributed by atoms with Crippen molar-refractivity contribution in [1.82, 2.24) is 5.32 Å². The number of fused-ring (bicyclic) bond motifs is 1. The number of ether oxygens (including phenoxy) is 4. The van der Waals surface area contributed by atoms with E-state index in [0.29, 0.717) is 18.9 Å². The predicted molar refractivity (Wildman–Crippen MR) is 116 cm³/mol. The minimum absolute atomic E-state index is 0.116. The molecule has 1 amide bonds. The lowest BCUT2D eigenvalue weighted by molar-refractivity contribution is -0.143. The van der Waals surface area contributed by atoms with Gasteiger partial charge in [0.25, 0.3) is 5.91 Å². The van der Waals surface area contributed by atoms with E-state index in [0.717, 1.165) is 34.6 Å². The van der Waals surface area contributed by atoms with Gasteiger partial charge in [0.15, 0.2) is 6.61 Å². The Hall–Kier alpha value is -3.48. The lowest BCUT2D eigenvalue weighted by Gasteiger charge is -2.10. The number of amides is 1. The summed E-state index contributed by atoms with van der Waals surface area (Å²) >= 11 is 0. The molecule has 2 aromatic carbocycles. The van der Waals surface area contributed by atoms with Crippen molar-refractivity contribution in [3.8, 4) is 17.2 Å². The van der Waals surface area contributed by atoms with Crippen molar-refractivity contribution in [2.24, 2.45) is 0 Å². The molecule has 7 nitrogen and oxygen atoms in total. The van der Waals surface area contributed by atoms with Gasteiger partial charge in [0.05, 0.1) is 13.7 Å². The van der Waals surface area contributed by atoms with Crippen molar-refractivity contribution in [3.63, 3.8) is 0 Å². The molecule has 0 saturated carbocycles. The van der Waals surface area contributed by atoms with Gasteiger partial charge < -0.3 is 24.3 Å². The average Bonchev–Trinajstić information content (AvgIpc) is 3.13. The Bertz CT molecular complexity index is 951. The molecule has 164 valence electrons. The molecule has 31 heavy (non-hydrogen) atoms. The summed E-state index contributed by atoms with van der Waals surface area (Å²) in [5, 5.41) is 2.71. The van der Waals surface area contributed by atoms with Gasteiger partial charge in [0.2, 0.25) is 0 Å². The summed E-state index contributed by atoms with van der Waals surface area (Å²) in [6, 6.07) is 11.1. The third-order valence-electron chi connectivity index (χ3n) is 4.72. The van der Waals surface area contributed by atoms with Gasteiger partial charge in [-0.15, -0.1) is 0 Å². The molecular formula is C24H27NO6. The van der Waals surface area contributed by atoms with Crippen LogP contribution in [-0.2, 0) is 27.3 Å². The fourth-order valence-corrected chi connectivity index (χ4v) is 3.20. The van der Waals surface area contributed by atoms with Crippen molar-refractivity contribution in [3.05, 3.63) is 59.2 Å². The van der Waals surface area contributed by atoms with Crippen LogP contribution in [0.3, 0.4) is 0 Å². The summed E-state index contributed by atoms with van der Waals surface area (Å²) in [6.45, 7) is 4.39. The summed E-state index contributed by atoms with van der Waals surface area (Å²) in [5.41, 5.74) is 2.72. The Morgan fingerprint density at radius 2 is 2.00 bits per heavy atom. The van der Waals surface area contributed by atoms with Crippen LogP contribution in [-0.4, -0.2) is 38.3 Å². The first-order valence-electron chi connectivity index (χ1n) is 10.2. The van der Waals surface area contributed by atoms with Gasteiger partial charge >= 0.3 is 5.97 Å². The summed E-state index contributed by atoms with van der Waals surface area (Å²) in [5.74, 6) is 1.22. The monoisotopic (exact) mass is 425 g/mol. The van der Waals surface area contributed by atoms with E-state index in [1.54, 1.807) is 13.2 Å². The highest BCUT2D eigenvalue weighted by atomic mass is 16.5. The van der Waals surface area contributed by atoms with E-state index >= 15 is 0 Å². The molecule has 0 bridgehead atoms. The molecule has 7 heteroatoms. The Morgan fingerprint density at radius 1 is 1.23 bits per heavy atom. The summed E-state index contributed by atoms with van der Waals surface area (Å²) in [7, 11) is 1.59. The summed E-state index contributed by atoms with van der Waals surface area (Å²) < 4.78 is 21.6. The second kappa shape index (κ2) is 10.5. The second-order valence-electron chi connectivity index (χ2n) is 7.13. The molecule has 0 fully saturated rings. The molecule has 2 aromatic rings. The van der Waals surface area contributed by atoms with E-state index in [4.69, 9.17) is 18.9 Å².